The first-order valence-electron chi connectivity index (χ1n) is 6.53. The van der Waals surface area contributed by atoms with Gasteiger partial charge in [0.05, 0.1) is 13.2 Å². The van der Waals surface area contributed by atoms with Crippen molar-refractivity contribution in [3.8, 4) is 0 Å². The highest BCUT2D eigenvalue weighted by Gasteiger charge is 2.29. The van der Waals surface area contributed by atoms with Crippen molar-refractivity contribution in [1.29, 1.82) is 0 Å². The number of aromatic nitrogens is 2. The van der Waals surface area contributed by atoms with Crippen LogP contribution >= 0.6 is 0 Å². The van der Waals surface area contributed by atoms with E-state index in [-0.39, 0.29) is 6.04 Å². The minimum Gasteiger partial charge on any atom is -0.379 e. The van der Waals surface area contributed by atoms with Crippen LogP contribution in [0.15, 0.2) is 12.4 Å². The number of rotatable bonds is 5. The lowest BCUT2D eigenvalue weighted by atomic mass is 9.93. The molecule has 2 rings (SSSR count). The number of nitrogens with zero attached hydrogens (tertiary/aromatic N) is 2. The summed E-state index contributed by atoms with van der Waals surface area (Å²) in [4.78, 5) is 4.22. The van der Waals surface area contributed by atoms with Gasteiger partial charge >= 0.3 is 0 Å². The molecule has 1 aliphatic rings. The van der Waals surface area contributed by atoms with Gasteiger partial charge in [-0.1, -0.05) is 0 Å². The van der Waals surface area contributed by atoms with E-state index in [0.29, 0.717) is 25.9 Å². The second kappa shape index (κ2) is 5.80. The summed E-state index contributed by atoms with van der Waals surface area (Å²) < 4.78 is 21.8. The molecule has 1 aromatic heterocycles. The van der Waals surface area contributed by atoms with Crippen LogP contribution in [0.25, 0.3) is 0 Å². The Morgan fingerprint density at radius 3 is 3.11 bits per heavy atom. The van der Waals surface area contributed by atoms with Gasteiger partial charge in [0.1, 0.15) is 11.5 Å². The maximum atomic E-state index is 14.5. The van der Waals surface area contributed by atoms with Crippen LogP contribution < -0.4 is 5.32 Å². The number of hydrogen-bond donors (Lipinski definition) is 1. The number of ether oxygens (including phenoxy) is 1. The predicted octanol–water partition coefficient (Wildman–Crippen LogP) is 1.46. The van der Waals surface area contributed by atoms with E-state index in [4.69, 9.17) is 4.74 Å². The first-order valence-corrected chi connectivity index (χ1v) is 6.53. The molecule has 1 aromatic rings. The molecule has 0 radical (unpaired) electrons. The molecule has 1 saturated heterocycles. The average molecular weight is 255 g/mol. The maximum absolute atomic E-state index is 14.5. The smallest absolute Gasteiger partial charge is 0.110 e. The standard InChI is InChI=1S/C13H22FN3O/c1-13(14,9-11-10-18-8-6-15-11)4-3-12-16-5-7-17(12)2/h5,7,11,15H,3-4,6,8-10H2,1-2H3. The summed E-state index contributed by atoms with van der Waals surface area (Å²) in [6.07, 6.45) is 5.31. The summed E-state index contributed by atoms with van der Waals surface area (Å²) in [7, 11) is 1.94. The molecule has 18 heavy (non-hydrogen) atoms. The minimum absolute atomic E-state index is 0.134. The second-order valence-electron chi connectivity index (χ2n) is 5.30. The van der Waals surface area contributed by atoms with Crippen molar-refractivity contribution in [2.75, 3.05) is 19.8 Å². The number of nitrogens with one attached hydrogen (secondary N) is 1. The van der Waals surface area contributed by atoms with E-state index in [1.54, 1.807) is 13.1 Å². The number of aryl methyl sites for hydroxylation is 2. The first kappa shape index (κ1) is 13.5. The lowest BCUT2D eigenvalue weighted by Gasteiger charge is -2.29. The van der Waals surface area contributed by atoms with E-state index in [9.17, 15) is 4.39 Å². The van der Waals surface area contributed by atoms with Crippen molar-refractivity contribution in [3.63, 3.8) is 0 Å². The topological polar surface area (TPSA) is 39.1 Å². The Kier molecular flexibility index (Phi) is 4.35. The molecule has 2 atom stereocenters. The molecule has 0 aromatic carbocycles. The van der Waals surface area contributed by atoms with Gasteiger partial charge in [-0.25, -0.2) is 9.37 Å². The van der Waals surface area contributed by atoms with Gasteiger partial charge in [0, 0.05) is 38.4 Å². The molecular formula is C13H22FN3O. The summed E-state index contributed by atoms with van der Waals surface area (Å²) in [5.41, 5.74) is -1.18. The Labute approximate surface area is 108 Å². The molecule has 0 bridgehead atoms. The molecule has 5 heteroatoms. The first-order chi connectivity index (χ1) is 8.57. The van der Waals surface area contributed by atoms with Crippen LogP contribution in [0.3, 0.4) is 0 Å². The Morgan fingerprint density at radius 1 is 1.67 bits per heavy atom. The zero-order valence-corrected chi connectivity index (χ0v) is 11.2. The molecule has 102 valence electrons. The summed E-state index contributed by atoms with van der Waals surface area (Å²) in [6, 6.07) is 0.134. The lowest BCUT2D eigenvalue weighted by Crippen LogP contribution is -2.44. The van der Waals surface area contributed by atoms with Crippen LogP contribution in [0, 0.1) is 0 Å². The third kappa shape index (κ3) is 3.78. The third-order valence-electron chi connectivity index (χ3n) is 3.46. The van der Waals surface area contributed by atoms with Gasteiger partial charge < -0.3 is 14.6 Å². The molecule has 1 aliphatic heterocycles. The van der Waals surface area contributed by atoms with Crippen molar-refractivity contribution in [2.45, 2.75) is 37.9 Å². The Morgan fingerprint density at radius 2 is 2.50 bits per heavy atom. The average Bonchev–Trinajstić information content (AvgIpc) is 2.73. The Hall–Kier alpha value is -0.940. The van der Waals surface area contributed by atoms with Crippen LogP contribution in [-0.2, 0) is 18.2 Å². The molecule has 4 nitrogen and oxygen atoms in total. The fourth-order valence-corrected chi connectivity index (χ4v) is 2.38. The number of hydrogen-bond acceptors (Lipinski definition) is 3. The second-order valence-corrected chi connectivity index (χ2v) is 5.30. The monoisotopic (exact) mass is 255 g/mol. The number of halogens is 1. The van der Waals surface area contributed by atoms with Crippen LogP contribution in [0.4, 0.5) is 4.39 Å². The zero-order valence-electron chi connectivity index (χ0n) is 11.2. The molecular weight excluding hydrogens is 233 g/mol. The number of morpholine rings is 1. The van der Waals surface area contributed by atoms with Crippen molar-refractivity contribution < 1.29 is 9.13 Å². The van der Waals surface area contributed by atoms with Gasteiger partial charge in [-0.2, -0.15) is 0 Å². The molecule has 0 spiro atoms. The van der Waals surface area contributed by atoms with Gasteiger partial charge in [-0.05, 0) is 19.8 Å². The highest BCUT2D eigenvalue weighted by Crippen LogP contribution is 2.24. The number of imidazole rings is 1. The van der Waals surface area contributed by atoms with Crippen molar-refractivity contribution in [3.05, 3.63) is 18.2 Å². The summed E-state index contributed by atoms with van der Waals surface area (Å²) in [6.45, 7) is 3.83. The van der Waals surface area contributed by atoms with Crippen molar-refractivity contribution in [2.24, 2.45) is 7.05 Å². The van der Waals surface area contributed by atoms with Gasteiger partial charge in [-0.15, -0.1) is 0 Å². The summed E-state index contributed by atoms with van der Waals surface area (Å²) in [5.74, 6) is 0.937. The summed E-state index contributed by atoms with van der Waals surface area (Å²) >= 11 is 0. The Bertz CT molecular complexity index is 372. The van der Waals surface area contributed by atoms with Gasteiger partial charge in [-0.3, -0.25) is 0 Å². The van der Waals surface area contributed by atoms with E-state index in [1.165, 1.54) is 0 Å². The fraction of sp³-hybridized carbons (Fsp3) is 0.769. The molecule has 0 amide bonds. The predicted molar refractivity (Wildman–Crippen MR) is 68.3 cm³/mol. The van der Waals surface area contributed by atoms with E-state index in [0.717, 1.165) is 19.0 Å². The van der Waals surface area contributed by atoms with E-state index in [2.05, 4.69) is 10.3 Å². The minimum atomic E-state index is -1.18. The summed E-state index contributed by atoms with van der Waals surface area (Å²) in [5, 5.41) is 3.29. The molecule has 1 fully saturated rings. The van der Waals surface area contributed by atoms with Crippen LogP contribution in [0.1, 0.15) is 25.6 Å². The van der Waals surface area contributed by atoms with Gasteiger partial charge in [0.25, 0.3) is 0 Å². The van der Waals surface area contributed by atoms with Crippen LogP contribution in [0.2, 0.25) is 0 Å². The molecule has 2 heterocycles. The highest BCUT2D eigenvalue weighted by molar-refractivity contribution is 4.94. The van der Waals surface area contributed by atoms with Crippen LogP contribution in [-0.4, -0.2) is 41.0 Å². The Balaban J connectivity index is 1.81. The SMILES string of the molecule is Cn1ccnc1CCC(C)(F)CC1COCCN1. The normalized spacial score (nSPS) is 23.8. The molecule has 2 unspecified atom stereocenters. The molecule has 0 saturated carbocycles. The van der Waals surface area contributed by atoms with Gasteiger partial charge in [0.15, 0.2) is 0 Å². The number of alkyl halides is 1. The quantitative estimate of drug-likeness (QED) is 0.866. The van der Waals surface area contributed by atoms with E-state index in [1.807, 2.05) is 17.8 Å². The van der Waals surface area contributed by atoms with Crippen LogP contribution in [0.5, 0.6) is 0 Å². The van der Waals surface area contributed by atoms with E-state index >= 15 is 0 Å². The maximum Gasteiger partial charge on any atom is 0.110 e. The largest absolute Gasteiger partial charge is 0.379 e. The fourth-order valence-electron chi connectivity index (χ4n) is 2.38. The third-order valence-corrected chi connectivity index (χ3v) is 3.46. The zero-order chi connectivity index (χ0) is 13.0. The molecule has 0 aliphatic carbocycles. The van der Waals surface area contributed by atoms with E-state index < -0.39 is 5.67 Å². The lowest BCUT2D eigenvalue weighted by molar-refractivity contribution is 0.0458. The van der Waals surface area contributed by atoms with Crippen molar-refractivity contribution >= 4 is 0 Å². The molecule has 1 N–H and O–H groups in total. The van der Waals surface area contributed by atoms with Crippen molar-refractivity contribution in [1.82, 2.24) is 14.9 Å². The highest BCUT2D eigenvalue weighted by atomic mass is 19.1. The van der Waals surface area contributed by atoms with Gasteiger partial charge in [0.2, 0.25) is 0 Å².